The molecule has 3 nitrogen and oxygen atoms in total. The largest absolute Gasteiger partial charge is 0.349 e. The van der Waals surface area contributed by atoms with Crippen LogP contribution in [0.3, 0.4) is 0 Å². The fourth-order valence-electron chi connectivity index (χ4n) is 1.73. The van der Waals surface area contributed by atoms with Gasteiger partial charge in [0.25, 0.3) is 5.91 Å². The lowest BCUT2D eigenvalue weighted by Gasteiger charge is -2.23. The van der Waals surface area contributed by atoms with Gasteiger partial charge >= 0.3 is 0 Å². The minimum Gasteiger partial charge on any atom is -0.349 e. The van der Waals surface area contributed by atoms with Gasteiger partial charge in [0.2, 0.25) is 0 Å². The molecule has 2 aromatic heterocycles. The molecule has 0 aliphatic heterocycles. The highest BCUT2D eigenvalue weighted by molar-refractivity contribution is 7.18. The number of thiophene rings is 2. The molecule has 102 valence electrons. The maximum absolute atomic E-state index is 12.0. The molecule has 0 radical (unpaired) electrons. The Labute approximate surface area is 125 Å². The van der Waals surface area contributed by atoms with Gasteiger partial charge in [-0.15, -0.1) is 22.7 Å². The third-order valence-corrected chi connectivity index (χ3v) is 4.95. The second-order valence-corrected chi connectivity index (χ2v) is 7.00. The van der Waals surface area contributed by atoms with E-state index in [-0.39, 0.29) is 11.9 Å². The zero-order valence-electron chi connectivity index (χ0n) is 10.7. The van der Waals surface area contributed by atoms with Crippen molar-refractivity contribution in [2.75, 3.05) is 20.6 Å². The number of carbonyl (C=O) groups excluding carboxylic acids is 1. The first-order valence-electron chi connectivity index (χ1n) is 5.81. The van der Waals surface area contributed by atoms with Crippen molar-refractivity contribution in [3.05, 3.63) is 43.7 Å². The normalized spacial score (nSPS) is 12.6. The number of amides is 1. The SMILES string of the molecule is CN(C)C(CNC(=O)c1ccc(Cl)s1)c1cccs1. The molecular formula is C13H15ClN2OS2. The summed E-state index contributed by atoms with van der Waals surface area (Å²) in [6, 6.07) is 7.79. The monoisotopic (exact) mass is 314 g/mol. The number of hydrogen-bond acceptors (Lipinski definition) is 4. The highest BCUT2D eigenvalue weighted by atomic mass is 35.5. The molecule has 0 aliphatic rings. The Kier molecular flexibility index (Phi) is 4.99. The molecule has 6 heteroatoms. The van der Waals surface area contributed by atoms with Crippen LogP contribution in [0.1, 0.15) is 20.6 Å². The Balaban J connectivity index is 1.98. The lowest BCUT2D eigenvalue weighted by atomic mass is 10.2. The van der Waals surface area contributed by atoms with E-state index in [9.17, 15) is 4.79 Å². The summed E-state index contributed by atoms with van der Waals surface area (Å²) in [5.41, 5.74) is 0. The molecule has 0 aromatic carbocycles. The Morgan fingerprint density at radius 1 is 1.42 bits per heavy atom. The molecule has 0 bridgehead atoms. The maximum atomic E-state index is 12.0. The summed E-state index contributed by atoms with van der Waals surface area (Å²) >= 11 is 8.83. The average molecular weight is 315 g/mol. The van der Waals surface area contributed by atoms with E-state index in [2.05, 4.69) is 16.3 Å². The predicted octanol–water partition coefficient (Wildman–Crippen LogP) is 3.50. The second-order valence-electron chi connectivity index (χ2n) is 4.31. The minimum atomic E-state index is -0.0692. The van der Waals surface area contributed by atoms with Gasteiger partial charge in [-0.2, -0.15) is 0 Å². The number of nitrogens with one attached hydrogen (secondary N) is 1. The van der Waals surface area contributed by atoms with E-state index < -0.39 is 0 Å². The van der Waals surface area contributed by atoms with Crippen molar-refractivity contribution >= 4 is 40.2 Å². The summed E-state index contributed by atoms with van der Waals surface area (Å²) in [7, 11) is 4.02. The summed E-state index contributed by atoms with van der Waals surface area (Å²) < 4.78 is 0.632. The van der Waals surface area contributed by atoms with E-state index in [1.54, 1.807) is 23.5 Å². The molecule has 2 aromatic rings. The van der Waals surface area contributed by atoms with E-state index in [0.717, 1.165) is 0 Å². The Morgan fingerprint density at radius 2 is 2.21 bits per heavy atom. The predicted molar refractivity (Wildman–Crippen MR) is 82.4 cm³/mol. The van der Waals surface area contributed by atoms with Crippen molar-refractivity contribution in [3.8, 4) is 0 Å². The first-order valence-corrected chi connectivity index (χ1v) is 7.88. The highest BCUT2D eigenvalue weighted by Gasteiger charge is 2.17. The molecule has 0 saturated carbocycles. The number of likely N-dealkylation sites (N-methyl/N-ethyl adjacent to an activating group) is 1. The molecule has 19 heavy (non-hydrogen) atoms. The number of rotatable bonds is 5. The van der Waals surface area contributed by atoms with Gasteiger partial charge in [0.1, 0.15) is 0 Å². The molecule has 0 saturated heterocycles. The van der Waals surface area contributed by atoms with Gasteiger partial charge in [-0.3, -0.25) is 4.79 Å². The van der Waals surface area contributed by atoms with Crippen LogP contribution in [-0.2, 0) is 0 Å². The summed E-state index contributed by atoms with van der Waals surface area (Å²) in [6.07, 6.45) is 0. The first kappa shape index (κ1) is 14.5. The standard InChI is InChI=1S/C13H15ClN2OS2/c1-16(2)9(10-4-3-7-18-10)8-15-13(17)11-5-6-12(14)19-11/h3-7,9H,8H2,1-2H3,(H,15,17). The van der Waals surface area contributed by atoms with Crippen molar-refractivity contribution in [1.82, 2.24) is 10.2 Å². The Hall–Kier alpha value is -0.880. The Bertz CT molecular complexity index is 537. The van der Waals surface area contributed by atoms with Crippen LogP contribution >= 0.6 is 34.3 Å². The lowest BCUT2D eigenvalue weighted by Crippen LogP contribution is -2.33. The van der Waals surface area contributed by atoms with E-state index >= 15 is 0 Å². The lowest BCUT2D eigenvalue weighted by molar-refractivity contribution is 0.0946. The van der Waals surface area contributed by atoms with Crippen LogP contribution in [-0.4, -0.2) is 31.4 Å². The van der Waals surface area contributed by atoms with Crippen LogP contribution in [0.15, 0.2) is 29.6 Å². The molecule has 1 atom stereocenters. The molecule has 0 spiro atoms. The van der Waals surface area contributed by atoms with Gasteiger partial charge in [0.15, 0.2) is 0 Å². The molecule has 0 aliphatic carbocycles. The number of nitrogens with zero attached hydrogens (tertiary/aromatic N) is 1. The molecule has 1 amide bonds. The van der Waals surface area contributed by atoms with E-state index in [0.29, 0.717) is 15.8 Å². The summed E-state index contributed by atoms with van der Waals surface area (Å²) in [4.78, 5) is 16.0. The number of halogens is 1. The Morgan fingerprint density at radius 3 is 2.74 bits per heavy atom. The molecule has 2 heterocycles. The first-order chi connectivity index (χ1) is 9.08. The van der Waals surface area contributed by atoms with E-state index in [4.69, 9.17) is 11.6 Å². The highest BCUT2D eigenvalue weighted by Crippen LogP contribution is 2.24. The van der Waals surface area contributed by atoms with Crippen molar-refractivity contribution in [3.63, 3.8) is 0 Å². The van der Waals surface area contributed by atoms with Crippen molar-refractivity contribution in [2.45, 2.75) is 6.04 Å². The zero-order chi connectivity index (χ0) is 13.8. The summed E-state index contributed by atoms with van der Waals surface area (Å²) in [5, 5.41) is 5.01. The average Bonchev–Trinajstić information content (AvgIpc) is 3.00. The third-order valence-electron chi connectivity index (χ3n) is 2.75. The van der Waals surface area contributed by atoms with Gasteiger partial charge in [0, 0.05) is 11.4 Å². The fraction of sp³-hybridized carbons (Fsp3) is 0.308. The topological polar surface area (TPSA) is 32.3 Å². The van der Waals surface area contributed by atoms with E-state index in [1.807, 2.05) is 25.5 Å². The van der Waals surface area contributed by atoms with Crippen LogP contribution in [0.5, 0.6) is 0 Å². The van der Waals surface area contributed by atoms with Crippen LogP contribution in [0.25, 0.3) is 0 Å². The fourth-order valence-corrected chi connectivity index (χ4v) is 3.61. The number of hydrogen-bond donors (Lipinski definition) is 1. The third kappa shape index (κ3) is 3.79. The van der Waals surface area contributed by atoms with Crippen LogP contribution in [0, 0.1) is 0 Å². The zero-order valence-corrected chi connectivity index (χ0v) is 13.1. The van der Waals surface area contributed by atoms with Gasteiger partial charge in [-0.05, 0) is 37.7 Å². The van der Waals surface area contributed by atoms with Gasteiger partial charge in [-0.1, -0.05) is 17.7 Å². The van der Waals surface area contributed by atoms with Gasteiger partial charge in [-0.25, -0.2) is 0 Å². The minimum absolute atomic E-state index is 0.0692. The molecule has 1 unspecified atom stereocenters. The summed E-state index contributed by atoms with van der Waals surface area (Å²) in [6.45, 7) is 0.585. The van der Waals surface area contributed by atoms with Crippen molar-refractivity contribution in [2.24, 2.45) is 0 Å². The van der Waals surface area contributed by atoms with Gasteiger partial charge < -0.3 is 10.2 Å². The van der Waals surface area contributed by atoms with E-state index in [1.165, 1.54) is 16.2 Å². The van der Waals surface area contributed by atoms with Crippen LogP contribution < -0.4 is 5.32 Å². The quantitative estimate of drug-likeness (QED) is 0.916. The van der Waals surface area contributed by atoms with Crippen LogP contribution in [0.2, 0.25) is 4.34 Å². The van der Waals surface area contributed by atoms with Crippen molar-refractivity contribution < 1.29 is 4.79 Å². The smallest absolute Gasteiger partial charge is 0.261 e. The molecule has 0 fully saturated rings. The molecule has 1 N–H and O–H groups in total. The molecule has 2 rings (SSSR count). The van der Waals surface area contributed by atoms with Gasteiger partial charge in [0.05, 0.1) is 15.3 Å². The summed E-state index contributed by atoms with van der Waals surface area (Å²) in [5.74, 6) is -0.0692. The number of carbonyl (C=O) groups is 1. The van der Waals surface area contributed by atoms with Crippen molar-refractivity contribution in [1.29, 1.82) is 0 Å². The maximum Gasteiger partial charge on any atom is 0.261 e. The molecular weight excluding hydrogens is 300 g/mol. The van der Waals surface area contributed by atoms with Crippen LogP contribution in [0.4, 0.5) is 0 Å². The second kappa shape index (κ2) is 6.52.